The summed E-state index contributed by atoms with van der Waals surface area (Å²) in [5, 5.41) is 8.33. The van der Waals surface area contributed by atoms with Gasteiger partial charge in [-0.15, -0.1) is 0 Å². The van der Waals surface area contributed by atoms with Crippen LogP contribution in [0.5, 0.6) is 0 Å². The van der Waals surface area contributed by atoms with E-state index in [4.69, 9.17) is 14.7 Å². The molecule has 1 heterocycles. The van der Waals surface area contributed by atoms with Crippen molar-refractivity contribution in [3.8, 4) is 6.07 Å². The van der Waals surface area contributed by atoms with Gasteiger partial charge in [0, 0.05) is 6.08 Å². The summed E-state index contributed by atoms with van der Waals surface area (Å²) < 4.78 is 10.5. The van der Waals surface area contributed by atoms with E-state index < -0.39 is 0 Å². The maximum Gasteiger partial charge on any atom is 0.180 e. The van der Waals surface area contributed by atoms with E-state index in [2.05, 4.69) is 0 Å². The summed E-state index contributed by atoms with van der Waals surface area (Å²) in [6, 6.07) is 1.94. The van der Waals surface area contributed by atoms with Crippen molar-refractivity contribution >= 4 is 0 Å². The molecule has 11 heavy (non-hydrogen) atoms. The van der Waals surface area contributed by atoms with Crippen molar-refractivity contribution in [2.45, 2.75) is 19.6 Å². The van der Waals surface area contributed by atoms with Crippen molar-refractivity contribution in [2.24, 2.45) is 0 Å². The van der Waals surface area contributed by atoms with Gasteiger partial charge in [0.25, 0.3) is 0 Å². The highest BCUT2D eigenvalue weighted by Crippen LogP contribution is 2.12. The molecule has 0 aliphatic carbocycles. The van der Waals surface area contributed by atoms with Crippen LogP contribution in [0.15, 0.2) is 11.6 Å². The second-order valence-corrected chi connectivity index (χ2v) is 2.44. The Bertz CT molecular complexity index is 187. The zero-order valence-electron chi connectivity index (χ0n) is 6.54. The van der Waals surface area contributed by atoms with Gasteiger partial charge >= 0.3 is 0 Å². The van der Waals surface area contributed by atoms with Crippen LogP contribution in [0.1, 0.15) is 13.3 Å². The minimum Gasteiger partial charge on any atom is -0.349 e. The topological polar surface area (TPSA) is 42.2 Å². The van der Waals surface area contributed by atoms with Crippen LogP contribution in [0.3, 0.4) is 0 Å². The molecule has 1 fully saturated rings. The molecule has 3 nitrogen and oxygen atoms in total. The highest BCUT2D eigenvalue weighted by Gasteiger charge is 2.15. The Balaban J connectivity index is 2.46. The van der Waals surface area contributed by atoms with Gasteiger partial charge in [0.05, 0.1) is 19.3 Å². The van der Waals surface area contributed by atoms with Crippen molar-refractivity contribution in [1.29, 1.82) is 5.26 Å². The van der Waals surface area contributed by atoms with Crippen molar-refractivity contribution in [2.75, 3.05) is 13.2 Å². The number of nitriles is 1. The molecule has 0 aromatic rings. The van der Waals surface area contributed by atoms with Crippen LogP contribution in [0.25, 0.3) is 0 Å². The molecule has 0 amide bonds. The third-order valence-electron chi connectivity index (χ3n) is 1.49. The van der Waals surface area contributed by atoms with E-state index in [-0.39, 0.29) is 6.29 Å². The predicted octanol–water partition coefficient (Wildman–Crippen LogP) is 1.22. The molecule has 0 radical (unpaired) electrons. The fraction of sp³-hybridized carbons (Fsp3) is 0.625. The summed E-state index contributed by atoms with van der Waals surface area (Å²) in [5.74, 6) is 0. The van der Waals surface area contributed by atoms with Crippen LogP contribution >= 0.6 is 0 Å². The van der Waals surface area contributed by atoms with E-state index >= 15 is 0 Å². The molecule has 0 atom stereocenters. The van der Waals surface area contributed by atoms with Crippen molar-refractivity contribution < 1.29 is 9.47 Å². The van der Waals surface area contributed by atoms with Gasteiger partial charge < -0.3 is 9.47 Å². The van der Waals surface area contributed by atoms with Crippen molar-refractivity contribution in [3.05, 3.63) is 11.6 Å². The Morgan fingerprint density at radius 2 is 2.18 bits per heavy atom. The van der Waals surface area contributed by atoms with Gasteiger partial charge in [-0.1, -0.05) is 0 Å². The monoisotopic (exact) mass is 153 g/mol. The summed E-state index contributed by atoms with van der Waals surface area (Å²) in [6.07, 6.45) is 2.11. The van der Waals surface area contributed by atoms with E-state index in [0.29, 0.717) is 0 Å². The third-order valence-corrected chi connectivity index (χ3v) is 1.49. The minimum absolute atomic E-state index is 0.289. The first-order valence-electron chi connectivity index (χ1n) is 3.64. The lowest BCUT2D eigenvalue weighted by Crippen LogP contribution is -2.25. The Morgan fingerprint density at radius 3 is 2.73 bits per heavy atom. The molecule has 1 aliphatic heterocycles. The summed E-state index contributed by atoms with van der Waals surface area (Å²) in [4.78, 5) is 0. The SMILES string of the molecule is C/C(=C/C#N)C1OCCCO1. The number of allylic oxidation sites excluding steroid dienone is 1. The Morgan fingerprint density at radius 1 is 1.55 bits per heavy atom. The molecule has 3 heteroatoms. The van der Waals surface area contributed by atoms with Gasteiger partial charge in [0.2, 0.25) is 0 Å². The smallest absolute Gasteiger partial charge is 0.180 e. The zero-order chi connectivity index (χ0) is 8.10. The molecule has 1 saturated heterocycles. The zero-order valence-corrected chi connectivity index (χ0v) is 6.54. The van der Waals surface area contributed by atoms with E-state index in [0.717, 1.165) is 25.2 Å². The van der Waals surface area contributed by atoms with E-state index in [1.165, 1.54) is 6.08 Å². The van der Waals surface area contributed by atoms with Crippen LogP contribution in [0.2, 0.25) is 0 Å². The first-order valence-corrected chi connectivity index (χ1v) is 3.64. The second kappa shape index (κ2) is 4.12. The van der Waals surface area contributed by atoms with Crippen LogP contribution in [0, 0.1) is 11.3 Å². The van der Waals surface area contributed by atoms with E-state index in [9.17, 15) is 0 Å². The van der Waals surface area contributed by atoms with Crippen LogP contribution in [0.4, 0.5) is 0 Å². The van der Waals surface area contributed by atoms with Gasteiger partial charge in [0.15, 0.2) is 6.29 Å². The van der Waals surface area contributed by atoms with Crippen LogP contribution in [-0.4, -0.2) is 19.5 Å². The summed E-state index contributed by atoms with van der Waals surface area (Å²) in [7, 11) is 0. The molecular weight excluding hydrogens is 142 g/mol. The standard InChI is InChI=1S/C8H11NO2/c1-7(3-4-9)8-10-5-2-6-11-8/h3,8H,2,5-6H2,1H3/b7-3-. The number of rotatable bonds is 1. The molecule has 1 aliphatic rings. The maximum absolute atomic E-state index is 8.33. The molecule has 0 saturated carbocycles. The number of hydrogen-bond acceptors (Lipinski definition) is 3. The summed E-state index contributed by atoms with van der Waals surface area (Å²) >= 11 is 0. The maximum atomic E-state index is 8.33. The number of ether oxygens (including phenoxy) is 2. The summed E-state index contributed by atoms with van der Waals surface area (Å²) in [6.45, 7) is 3.28. The van der Waals surface area contributed by atoms with Crippen molar-refractivity contribution in [1.82, 2.24) is 0 Å². The lowest BCUT2D eigenvalue weighted by atomic mass is 10.2. The van der Waals surface area contributed by atoms with Gasteiger partial charge in [-0.2, -0.15) is 5.26 Å². The van der Waals surface area contributed by atoms with E-state index in [1.54, 1.807) is 0 Å². The van der Waals surface area contributed by atoms with Gasteiger partial charge in [0.1, 0.15) is 0 Å². The predicted molar refractivity (Wildman–Crippen MR) is 39.7 cm³/mol. The average molecular weight is 153 g/mol. The lowest BCUT2D eigenvalue weighted by molar-refractivity contribution is -0.156. The molecule has 0 aromatic carbocycles. The Kier molecular flexibility index (Phi) is 3.09. The molecule has 60 valence electrons. The quantitative estimate of drug-likeness (QED) is 0.532. The first kappa shape index (κ1) is 8.25. The van der Waals surface area contributed by atoms with Crippen LogP contribution in [-0.2, 0) is 9.47 Å². The van der Waals surface area contributed by atoms with Gasteiger partial charge in [-0.05, 0) is 18.9 Å². The first-order chi connectivity index (χ1) is 5.34. The number of hydrogen-bond donors (Lipinski definition) is 0. The Labute approximate surface area is 66.2 Å². The molecule has 0 aromatic heterocycles. The second-order valence-electron chi connectivity index (χ2n) is 2.44. The van der Waals surface area contributed by atoms with Gasteiger partial charge in [-0.25, -0.2) is 0 Å². The Hall–Kier alpha value is -0.850. The molecule has 1 rings (SSSR count). The fourth-order valence-corrected chi connectivity index (χ4v) is 0.921. The minimum atomic E-state index is -0.289. The third kappa shape index (κ3) is 2.34. The van der Waals surface area contributed by atoms with Crippen LogP contribution < -0.4 is 0 Å². The summed E-state index contributed by atoms with van der Waals surface area (Å²) in [5.41, 5.74) is 0.840. The molecule has 0 unspecified atom stereocenters. The van der Waals surface area contributed by atoms with E-state index in [1.807, 2.05) is 13.0 Å². The highest BCUT2D eigenvalue weighted by molar-refractivity contribution is 5.13. The molecule has 0 bridgehead atoms. The van der Waals surface area contributed by atoms with Crippen molar-refractivity contribution in [3.63, 3.8) is 0 Å². The largest absolute Gasteiger partial charge is 0.349 e. The lowest BCUT2D eigenvalue weighted by Gasteiger charge is -2.23. The highest BCUT2D eigenvalue weighted by atomic mass is 16.7. The molecule has 0 spiro atoms. The normalized spacial score (nSPS) is 21.3. The molecular formula is C8H11NO2. The molecule has 0 N–H and O–H groups in total. The number of nitrogens with zero attached hydrogens (tertiary/aromatic N) is 1. The average Bonchev–Trinajstić information content (AvgIpc) is 2.07. The van der Waals surface area contributed by atoms with Gasteiger partial charge in [-0.3, -0.25) is 0 Å². The fourth-order valence-electron chi connectivity index (χ4n) is 0.921.